The predicted octanol–water partition coefficient (Wildman–Crippen LogP) is 3.22. The van der Waals surface area contributed by atoms with Crippen LogP contribution >= 0.6 is 0 Å². The zero-order valence-corrected chi connectivity index (χ0v) is 9.29. The van der Waals surface area contributed by atoms with E-state index in [2.05, 4.69) is 36.1 Å². The number of nitrogens with zero attached hydrogens (tertiary/aromatic N) is 1. The van der Waals surface area contributed by atoms with E-state index in [0.29, 0.717) is 0 Å². The lowest BCUT2D eigenvalue weighted by atomic mass is 10.0. The molecule has 2 rings (SSSR count). The van der Waals surface area contributed by atoms with Crippen LogP contribution in [0.5, 0.6) is 0 Å². The van der Waals surface area contributed by atoms with Gasteiger partial charge in [0.1, 0.15) is 5.84 Å². The van der Waals surface area contributed by atoms with Gasteiger partial charge in [-0.2, -0.15) is 0 Å². The van der Waals surface area contributed by atoms with Crippen LogP contribution < -0.4 is 4.90 Å². The summed E-state index contributed by atoms with van der Waals surface area (Å²) in [6, 6.07) is 8.45. The van der Waals surface area contributed by atoms with E-state index in [1.54, 1.807) is 0 Å². The zero-order valence-electron chi connectivity index (χ0n) is 9.29. The molecule has 0 unspecified atom stereocenters. The summed E-state index contributed by atoms with van der Waals surface area (Å²) in [6.07, 6.45) is 4.35. The van der Waals surface area contributed by atoms with Gasteiger partial charge in [-0.1, -0.05) is 25.1 Å². The summed E-state index contributed by atoms with van der Waals surface area (Å²) in [5, 5.41) is 7.98. The number of anilines is 1. The van der Waals surface area contributed by atoms with Crippen LogP contribution in [-0.4, -0.2) is 12.4 Å². The summed E-state index contributed by atoms with van der Waals surface area (Å²) >= 11 is 0. The van der Waals surface area contributed by atoms with E-state index in [0.717, 1.165) is 25.2 Å². The van der Waals surface area contributed by atoms with Crippen molar-refractivity contribution < 1.29 is 0 Å². The minimum Gasteiger partial charge on any atom is -0.330 e. The number of nitrogens with one attached hydrogen (secondary N) is 1. The molecule has 1 N–H and O–H groups in total. The van der Waals surface area contributed by atoms with Crippen molar-refractivity contribution >= 4 is 11.5 Å². The molecule has 1 heterocycles. The quantitative estimate of drug-likeness (QED) is 0.783. The molecule has 0 aliphatic carbocycles. The average molecular weight is 202 g/mol. The molecule has 1 saturated heterocycles. The highest BCUT2D eigenvalue weighted by Crippen LogP contribution is 2.25. The first kappa shape index (κ1) is 10.2. The van der Waals surface area contributed by atoms with Crippen molar-refractivity contribution in [2.24, 2.45) is 0 Å². The third kappa shape index (κ3) is 2.04. The molecule has 2 nitrogen and oxygen atoms in total. The van der Waals surface area contributed by atoms with E-state index in [9.17, 15) is 0 Å². The van der Waals surface area contributed by atoms with Gasteiger partial charge in [0.25, 0.3) is 0 Å². The maximum Gasteiger partial charge on any atom is 0.100 e. The zero-order chi connectivity index (χ0) is 10.7. The molecule has 1 aromatic rings. The van der Waals surface area contributed by atoms with E-state index < -0.39 is 0 Å². The number of piperidine rings is 1. The van der Waals surface area contributed by atoms with E-state index in [4.69, 9.17) is 5.41 Å². The van der Waals surface area contributed by atoms with Crippen molar-refractivity contribution in [1.82, 2.24) is 0 Å². The summed E-state index contributed by atoms with van der Waals surface area (Å²) in [4.78, 5) is 2.17. The van der Waals surface area contributed by atoms with Crippen molar-refractivity contribution in [2.75, 3.05) is 11.4 Å². The van der Waals surface area contributed by atoms with Crippen molar-refractivity contribution in [3.63, 3.8) is 0 Å². The molecule has 0 saturated carbocycles. The molecule has 0 bridgehead atoms. The molecule has 1 fully saturated rings. The maximum atomic E-state index is 7.98. The first-order valence-electron chi connectivity index (χ1n) is 5.76. The number of aryl methyl sites for hydroxylation is 1. The van der Waals surface area contributed by atoms with Gasteiger partial charge in [0.2, 0.25) is 0 Å². The number of hydrogen-bond donors (Lipinski definition) is 1. The van der Waals surface area contributed by atoms with Crippen molar-refractivity contribution in [2.45, 2.75) is 32.6 Å². The highest BCUT2D eigenvalue weighted by atomic mass is 15.2. The highest BCUT2D eigenvalue weighted by molar-refractivity contribution is 5.96. The lowest BCUT2D eigenvalue weighted by molar-refractivity contribution is 0.706. The second-order valence-corrected chi connectivity index (χ2v) is 4.04. The molecule has 80 valence electrons. The first-order valence-corrected chi connectivity index (χ1v) is 5.76. The lowest BCUT2D eigenvalue weighted by Gasteiger charge is -2.30. The standard InChI is InChI=1S/C13H18N2/c1-2-11-7-3-4-8-12(11)15-10-6-5-9-13(15)14/h3-4,7-8,14H,2,5-6,9-10H2,1H3. The SMILES string of the molecule is CCc1ccccc1N1CCCCC1=N. The van der Waals surface area contributed by atoms with Crippen LogP contribution in [0.3, 0.4) is 0 Å². The minimum atomic E-state index is 0.780. The molecule has 0 atom stereocenters. The summed E-state index contributed by atoms with van der Waals surface area (Å²) < 4.78 is 0. The largest absolute Gasteiger partial charge is 0.330 e. The van der Waals surface area contributed by atoms with Crippen LogP contribution in [0.2, 0.25) is 0 Å². The van der Waals surface area contributed by atoms with Gasteiger partial charge < -0.3 is 4.90 Å². The molecule has 0 spiro atoms. The van der Waals surface area contributed by atoms with E-state index >= 15 is 0 Å². The van der Waals surface area contributed by atoms with Crippen LogP contribution in [0.4, 0.5) is 5.69 Å². The monoisotopic (exact) mass is 202 g/mol. The molecule has 2 heteroatoms. The van der Waals surface area contributed by atoms with E-state index in [1.165, 1.54) is 24.1 Å². The fraction of sp³-hybridized carbons (Fsp3) is 0.462. The van der Waals surface area contributed by atoms with Gasteiger partial charge in [-0.05, 0) is 30.9 Å². The summed E-state index contributed by atoms with van der Waals surface area (Å²) in [5.41, 5.74) is 2.59. The van der Waals surface area contributed by atoms with Gasteiger partial charge in [-0.25, -0.2) is 0 Å². The maximum absolute atomic E-state index is 7.98. The molecular formula is C13H18N2. The Morgan fingerprint density at radius 2 is 2.07 bits per heavy atom. The number of rotatable bonds is 2. The Morgan fingerprint density at radius 3 is 2.80 bits per heavy atom. The Balaban J connectivity index is 2.30. The number of benzene rings is 1. The van der Waals surface area contributed by atoms with Crippen LogP contribution in [-0.2, 0) is 6.42 Å². The normalized spacial score (nSPS) is 16.9. The summed E-state index contributed by atoms with van der Waals surface area (Å²) in [7, 11) is 0. The van der Waals surface area contributed by atoms with Crippen molar-refractivity contribution in [3.8, 4) is 0 Å². The minimum absolute atomic E-state index is 0.780. The topological polar surface area (TPSA) is 27.1 Å². The molecule has 0 radical (unpaired) electrons. The Kier molecular flexibility index (Phi) is 3.05. The highest BCUT2D eigenvalue weighted by Gasteiger charge is 2.17. The third-order valence-electron chi connectivity index (χ3n) is 3.03. The fourth-order valence-electron chi connectivity index (χ4n) is 2.17. The van der Waals surface area contributed by atoms with Crippen LogP contribution in [0.25, 0.3) is 0 Å². The molecule has 15 heavy (non-hydrogen) atoms. The lowest BCUT2D eigenvalue weighted by Crippen LogP contribution is -2.35. The molecule has 0 aromatic heterocycles. The van der Waals surface area contributed by atoms with Gasteiger partial charge >= 0.3 is 0 Å². The van der Waals surface area contributed by atoms with Crippen LogP contribution in [0, 0.1) is 5.41 Å². The Labute approximate surface area is 91.4 Å². The smallest absolute Gasteiger partial charge is 0.100 e. The summed E-state index contributed by atoms with van der Waals surface area (Å²) in [6.45, 7) is 3.18. The Hall–Kier alpha value is -1.31. The van der Waals surface area contributed by atoms with E-state index in [-0.39, 0.29) is 0 Å². The number of para-hydroxylation sites is 1. The number of hydrogen-bond acceptors (Lipinski definition) is 1. The summed E-state index contributed by atoms with van der Waals surface area (Å²) in [5.74, 6) is 0.780. The molecular weight excluding hydrogens is 184 g/mol. The van der Waals surface area contributed by atoms with Crippen molar-refractivity contribution in [1.29, 1.82) is 5.41 Å². The Morgan fingerprint density at radius 1 is 1.27 bits per heavy atom. The molecule has 1 aliphatic heterocycles. The first-order chi connectivity index (χ1) is 7.33. The number of amidine groups is 1. The molecule has 1 aromatic carbocycles. The van der Waals surface area contributed by atoms with Crippen LogP contribution in [0.1, 0.15) is 31.7 Å². The van der Waals surface area contributed by atoms with Gasteiger partial charge in [0.15, 0.2) is 0 Å². The second kappa shape index (κ2) is 4.47. The predicted molar refractivity (Wildman–Crippen MR) is 64.7 cm³/mol. The Bertz CT molecular complexity index is 357. The van der Waals surface area contributed by atoms with Crippen molar-refractivity contribution in [3.05, 3.63) is 29.8 Å². The average Bonchev–Trinajstić information content (AvgIpc) is 2.30. The second-order valence-electron chi connectivity index (χ2n) is 4.04. The van der Waals surface area contributed by atoms with Crippen LogP contribution in [0.15, 0.2) is 24.3 Å². The molecule has 1 aliphatic rings. The fourth-order valence-corrected chi connectivity index (χ4v) is 2.17. The van der Waals surface area contributed by atoms with Gasteiger partial charge in [0.05, 0.1) is 0 Å². The van der Waals surface area contributed by atoms with E-state index in [1.807, 2.05) is 0 Å². The molecule has 0 amide bonds. The van der Waals surface area contributed by atoms with Gasteiger partial charge in [0, 0.05) is 18.7 Å². The third-order valence-corrected chi connectivity index (χ3v) is 3.03. The van der Waals surface area contributed by atoms with Gasteiger partial charge in [-0.15, -0.1) is 0 Å². The van der Waals surface area contributed by atoms with Gasteiger partial charge in [-0.3, -0.25) is 5.41 Å².